The first-order valence-electron chi connectivity index (χ1n) is 8.31. The van der Waals surface area contributed by atoms with E-state index in [1.54, 1.807) is 24.3 Å². The van der Waals surface area contributed by atoms with Gasteiger partial charge in [-0.05, 0) is 30.4 Å². The van der Waals surface area contributed by atoms with Gasteiger partial charge < -0.3 is 20.1 Å². The first-order valence-corrected chi connectivity index (χ1v) is 9.10. The zero-order chi connectivity index (χ0) is 23.2. The van der Waals surface area contributed by atoms with Crippen LogP contribution in [0.2, 0.25) is 5.02 Å². The van der Waals surface area contributed by atoms with E-state index in [0.717, 1.165) is 18.2 Å². The average Bonchev–Trinajstić information content (AvgIpc) is 2.64. The van der Waals surface area contributed by atoms with Crippen molar-refractivity contribution in [2.75, 3.05) is 23.8 Å². The topological polar surface area (TPSA) is 42.5 Å². The summed E-state index contributed by atoms with van der Waals surface area (Å²) in [7, 11) is 0. The first-order chi connectivity index (χ1) is 14.3. The molecule has 0 saturated heterocycles. The van der Waals surface area contributed by atoms with Crippen LogP contribution in [0.3, 0.4) is 0 Å². The van der Waals surface area contributed by atoms with Gasteiger partial charge in [0.2, 0.25) is 0 Å². The molecule has 0 unspecified atom stereocenters. The number of rotatable bonds is 8. The van der Waals surface area contributed by atoms with Crippen LogP contribution in [-0.2, 0) is 0 Å². The van der Waals surface area contributed by atoms with Crippen molar-refractivity contribution in [1.29, 1.82) is 0 Å². The molecule has 2 N–H and O–H groups in total. The lowest BCUT2D eigenvalue weighted by atomic mass is 10.2. The molecule has 2 rings (SSSR count). The highest BCUT2D eigenvalue weighted by molar-refractivity contribution is 7.80. The van der Waals surface area contributed by atoms with Crippen LogP contribution in [-0.4, -0.2) is 36.9 Å². The smallest absolute Gasteiger partial charge is 0.422 e. The Morgan fingerprint density at radius 3 is 2.03 bits per heavy atom. The molecule has 0 saturated carbocycles. The van der Waals surface area contributed by atoms with Gasteiger partial charge in [-0.2, -0.15) is 22.0 Å². The zero-order valence-corrected chi connectivity index (χ0v) is 16.9. The van der Waals surface area contributed by atoms with Crippen molar-refractivity contribution in [2.45, 2.75) is 18.5 Å². The summed E-state index contributed by atoms with van der Waals surface area (Å²) in [6.45, 7) is -3.37. The average molecular weight is 491 g/mol. The van der Waals surface area contributed by atoms with E-state index in [-0.39, 0.29) is 10.8 Å². The van der Waals surface area contributed by atoms with Crippen molar-refractivity contribution in [3.05, 3.63) is 47.5 Å². The largest absolute Gasteiger partial charge is 0.487 e. The first kappa shape index (κ1) is 24.8. The maximum atomic E-state index is 13.1. The van der Waals surface area contributed by atoms with Crippen molar-refractivity contribution in [3.63, 3.8) is 0 Å². The van der Waals surface area contributed by atoms with Gasteiger partial charge in [0.1, 0.15) is 11.5 Å². The van der Waals surface area contributed by atoms with Gasteiger partial charge in [0.05, 0.1) is 0 Å². The quantitative estimate of drug-likeness (QED) is 0.332. The van der Waals surface area contributed by atoms with Crippen molar-refractivity contribution < 1.29 is 40.2 Å². The predicted octanol–water partition coefficient (Wildman–Crippen LogP) is 6.37. The molecule has 0 heterocycles. The third-order valence-electron chi connectivity index (χ3n) is 3.37. The van der Waals surface area contributed by atoms with E-state index in [0.29, 0.717) is 10.7 Å². The molecule has 0 atom stereocenters. The monoisotopic (exact) mass is 490 g/mol. The summed E-state index contributed by atoms with van der Waals surface area (Å²) in [5.41, 5.74) is 0.483. The second-order valence-corrected chi connectivity index (χ2v) is 6.88. The van der Waals surface area contributed by atoms with Crippen molar-refractivity contribution >= 4 is 40.3 Å². The second-order valence-electron chi connectivity index (χ2n) is 6.04. The number of hydrogen-bond acceptors (Lipinski definition) is 3. The second kappa shape index (κ2) is 10.2. The molecule has 0 spiro atoms. The lowest BCUT2D eigenvalue weighted by molar-refractivity contribution is -0.153. The molecule has 0 aliphatic heterocycles. The lowest BCUT2D eigenvalue weighted by Crippen LogP contribution is -2.33. The standard InChI is InChI=1S/C18H14ClF7N2O2S/c19-10-2-1-3-11(4-10)27-16(31)28-12-5-13(29-8-17(22,23)15(20)21)7-14(6-12)30-9-18(24,25)26/h1-7,15H,8-9H2,(H2,27,28,31). The van der Waals surface area contributed by atoms with Gasteiger partial charge >= 0.3 is 18.5 Å². The number of hydrogen-bond donors (Lipinski definition) is 2. The van der Waals surface area contributed by atoms with E-state index in [1.807, 2.05) is 0 Å². The van der Waals surface area contributed by atoms with E-state index in [4.69, 9.17) is 23.8 Å². The molecular weight excluding hydrogens is 477 g/mol. The fourth-order valence-electron chi connectivity index (χ4n) is 2.08. The third kappa shape index (κ3) is 8.66. The van der Waals surface area contributed by atoms with Crippen LogP contribution in [0.5, 0.6) is 11.5 Å². The third-order valence-corrected chi connectivity index (χ3v) is 3.81. The highest BCUT2D eigenvalue weighted by atomic mass is 35.5. The molecule has 31 heavy (non-hydrogen) atoms. The fourth-order valence-corrected chi connectivity index (χ4v) is 2.50. The Hall–Kier alpha value is -2.47. The van der Waals surface area contributed by atoms with E-state index >= 15 is 0 Å². The highest BCUT2D eigenvalue weighted by Crippen LogP contribution is 2.30. The Morgan fingerprint density at radius 2 is 1.48 bits per heavy atom. The maximum Gasteiger partial charge on any atom is 0.422 e. The van der Waals surface area contributed by atoms with Crippen LogP contribution in [0, 0.1) is 0 Å². The SMILES string of the molecule is FC(F)C(F)(F)COc1cc(NC(=S)Nc2cccc(Cl)c2)cc(OCC(F)(F)F)c1. The number of halogens is 8. The summed E-state index contributed by atoms with van der Waals surface area (Å²) in [5.74, 6) is -5.31. The Labute approximate surface area is 182 Å². The van der Waals surface area contributed by atoms with E-state index in [2.05, 4.69) is 20.1 Å². The van der Waals surface area contributed by atoms with Gasteiger partial charge in [0.25, 0.3) is 0 Å². The normalized spacial score (nSPS) is 11.9. The van der Waals surface area contributed by atoms with Crippen molar-refractivity contribution in [3.8, 4) is 11.5 Å². The summed E-state index contributed by atoms with van der Waals surface area (Å²) in [4.78, 5) is 0. The summed E-state index contributed by atoms with van der Waals surface area (Å²) < 4.78 is 97.3. The predicted molar refractivity (Wildman–Crippen MR) is 106 cm³/mol. The number of thiocarbonyl (C=S) groups is 1. The Kier molecular flexibility index (Phi) is 8.18. The van der Waals surface area contributed by atoms with Gasteiger partial charge in [-0.15, -0.1) is 0 Å². The summed E-state index contributed by atoms with van der Waals surface area (Å²) in [6.07, 6.45) is -8.65. The highest BCUT2D eigenvalue weighted by Gasteiger charge is 2.41. The van der Waals surface area contributed by atoms with Gasteiger partial charge in [-0.1, -0.05) is 17.7 Å². The Balaban J connectivity index is 2.18. The minimum absolute atomic E-state index is 0.00503. The number of alkyl halides is 7. The minimum Gasteiger partial charge on any atom is -0.487 e. The number of nitrogens with one attached hydrogen (secondary N) is 2. The molecule has 0 aliphatic carbocycles. The van der Waals surface area contributed by atoms with Crippen molar-refractivity contribution in [1.82, 2.24) is 0 Å². The molecule has 0 amide bonds. The molecule has 4 nitrogen and oxygen atoms in total. The number of ether oxygens (including phenoxy) is 2. The zero-order valence-electron chi connectivity index (χ0n) is 15.3. The summed E-state index contributed by atoms with van der Waals surface area (Å²) in [6, 6.07) is 9.44. The molecule has 2 aromatic carbocycles. The molecule has 0 fully saturated rings. The van der Waals surface area contributed by atoms with Gasteiger partial charge in [0.15, 0.2) is 18.3 Å². The Bertz CT molecular complexity index is 913. The minimum atomic E-state index is -4.67. The number of anilines is 2. The van der Waals surface area contributed by atoms with Crippen LogP contribution in [0.15, 0.2) is 42.5 Å². The molecule has 0 bridgehead atoms. The van der Waals surface area contributed by atoms with E-state index in [9.17, 15) is 30.7 Å². The molecule has 0 aromatic heterocycles. The van der Waals surface area contributed by atoms with E-state index < -0.39 is 43.2 Å². The van der Waals surface area contributed by atoms with Gasteiger partial charge in [-0.3, -0.25) is 0 Å². The van der Waals surface area contributed by atoms with Crippen LogP contribution >= 0.6 is 23.8 Å². The maximum absolute atomic E-state index is 13.1. The Morgan fingerprint density at radius 1 is 0.903 bits per heavy atom. The molecule has 170 valence electrons. The summed E-state index contributed by atoms with van der Waals surface area (Å²) in [5, 5.41) is 5.74. The van der Waals surface area contributed by atoms with Crippen LogP contribution in [0.25, 0.3) is 0 Å². The molecular formula is C18H14ClF7N2O2S. The van der Waals surface area contributed by atoms with Gasteiger partial charge in [-0.25, -0.2) is 8.78 Å². The molecule has 2 aromatic rings. The van der Waals surface area contributed by atoms with Crippen LogP contribution < -0.4 is 20.1 Å². The van der Waals surface area contributed by atoms with Gasteiger partial charge in [0, 0.05) is 34.6 Å². The van der Waals surface area contributed by atoms with Crippen LogP contribution in [0.4, 0.5) is 42.1 Å². The van der Waals surface area contributed by atoms with E-state index in [1.165, 1.54) is 0 Å². The lowest BCUT2D eigenvalue weighted by Gasteiger charge is -2.18. The molecule has 0 radical (unpaired) electrons. The molecule has 13 heteroatoms. The van der Waals surface area contributed by atoms with Crippen molar-refractivity contribution in [2.24, 2.45) is 0 Å². The summed E-state index contributed by atoms with van der Waals surface area (Å²) >= 11 is 10.9. The number of benzene rings is 2. The fraction of sp³-hybridized carbons (Fsp3) is 0.278. The van der Waals surface area contributed by atoms with Crippen LogP contribution in [0.1, 0.15) is 0 Å². The molecule has 0 aliphatic rings.